The quantitative estimate of drug-likeness (QED) is 0.808. The Labute approximate surface area is 135 Å². The summed E-state index contributed by atoms with van der Waals surface area (Å²) in [4.78, 5) is 14.1. The van der Waals surface area contributed by atoms with Gasteiger partial charge in [-0.05, 0) is 64.2 Å². The Morgan fingerprint density at radius 1 is 1.20 bits per heavy atom. The van der Waals surface area contributed by atoms with Crippen molar-refractivity contribution in [3.05, 3.63) is 0 Å². The van der Waals surface area contributed by atoms with Crippen LogP contribution in [0.2, 0.25) is 0 Å². The fourth-order valence-electron chi connectivity index (χ4n) is 3.05. The highest BCUT2D eigenvalue weighted by atomic mass is 35.5. The lowest BCUT2D eigenvalue weighted by atomic mass is 9.93. The van der Waals surface area contributed by atoms with Crippen molar-refractivity contribution < 1.29 is 4.79 Å². The molecule has 1 unspecified atom stereocenters. The zero-order chi connectivity index (χ0) is 12.8. The van der Waals surface area contributed by atoms with E-state index in [0.29, 0.717) is 12.3 Å². The number of rotatable bonds is 5. The summed E-state index contributed by atoms with van der Waals surface area (Å²) in [6, 6.07) is 0. The molecule has 1 amide bonds. The Morgan fingerprint density at radius 3 is 2.50 bits per heavy atom. The molecule has 0 bridgehead atoms. The van der Waals surface area contributed by atoms with Gasteiger partial charge in [0.2, 0.25) is 5.91 Å². The van der Waals surface area contributed by atoms with Crippen LogP contribution in [0.1, 0.15) is 32.1 Å². The standard InChI is InChI=1S/C14H27N3O.2ClH/c1-17-9-6-13(11-17)10-16-14(18)3-2-12-4-7-15-8-5-12;;/h12-13,15H,2-11H2,1H3,(H,16,18);2*1H. The second-order valence-electron chi connectivity index (χ2n) is 5.95. The van der Waals surface area contributed by atoms with Gasteiger partial charge in [-0.15, -0.1) is 24.8 Å². The number of hydrogen-bond donors (Lipinski definition) is 2. The van der Waals surface area contributed by atoms with Crippen molar-refractivity contribution >= 4 is 30.7 Å². The number of halogens is 2. The minimum absolute atomic E-state index is 0. The molecule has 2 saturated heterocycles. The Bertz CT molecular complexity index is 262. The van der Waals surface area contributed by atoms with Crippen LogP contribution in [0.25, 0.3) is 0 Å². The van der Waals surface area contributed by atoms with E-state index in [-0.39, 0.29) is 30.7 Å². The van der Waals surface area contributed by atoms with Gasteiger partial charge >= 0.3 is 0 Å². The van der Waals surface area contributed by atoms with E-state index in [9.17, 15) is 4.79 Å². The van der Waals surface area contributed by atoms with Crippen LogP contribution in [0.3, 0.4) is 0 Å². The first-order valence-corrected chi connectivity index (χ1v) is 7.40. The van der Waals surface area contributed by atoms with Gasteiger partial charge in [-0.3, -0.25) is 4.79 Å². The van der Waals surface area contributed by atoms with Crippen LogP contribution in [-0.4, -0.2) is 50.6 Å². The van der Waals surface area contributed by atoms with Crippen LogP contribution in [0.4, 0.5) is 0 Å². The Balaban J connectivity index is 0.00000180. The third kappa shape index (κ3) is 7.11. The van der Waals surface area contributed by atoms with Crippen LogP contribution in [-0.2, 0) is 4.79 Å². The number of carbonyl (C=O) groups excluding carboxylic acids is 1. The number of nitrogens with one attached hydrogen (secondary N) is 2. The first-order chi connectivity index (χ1) is 8.74. The zero-order valence-electron chi connectivity index (χ0n) is 12.4. The number of nitrogens with zero attached hydrogens (tertiary/aromatic N) is 1. The van der Waals surface area contributed by atoms with Crippen molar-refractivity contribution in [2.75, 3.05) is 39.8 Å². The molecule has 20 heavy (non-hydrogen) atoms. The molecule has 0 aliphatic carbocycles. The van der Waals surface area contributed by atoms with E-state index < -0.39 is 0 Å². The van der Waals surface area contributed by atoms with Gasteiger partial charge in [0.25, 0.3) is 0 Å². The molecule has 0 spiro atoms. The number of carbonyl (C=O) groups is 1. The highest BCUT2D eigenvalue weighted by Gasteiger charge is 2.20. The SMILES string of the molecule is CN1CCC(CNC(=O)CCC2CCNCC2)C1.Cl.Cl. The highest BCUT2D eigenvalue weighted by molar-refractivity contribution is 5.85. The first kappa shape index (κ1) is 20.0. The number of likely N-dealkylation sites (tertiary alicyclic amines) is 1. The first-order valence-electron chi connectivity index (χ1n) is 7.40. The van der Waals surface area contributed by atoms with Gasteiger partial charge in [0.05, 0.1) is 0 Å². The summed E-state index contributed by atoms with van der Waals surface area (Å²) in [7, 11) is 2.15. The number of amides is 1. The minimum atomic E-state index is 0. The van der Waals surface area contributed by atoms with Crippen LogP contribution in [0.5, 0.6) is 0 Å². The van der Waals surface area contributed by atoms with Crippen LogP contribution < -0.4 is 10.6 Å². The monoisotopic (exact) mass is 325 g/mol. The third-order valence-corrected chi connectivity index (χ3v) is 4.32. The fraction of sp³-hybridized carbons (Fsp3) is 0.929. The molecule has 0 aromatic heterocycles. The summed E-state index contributed by atoms with van der Waals surface area (Å²) in [6.07, 6.45) is 5.48. The number of piperidine rings is 1. The zero-order valence-corrected chi connectivity index (χ0v) is 14.0. The Kier molecular flexibility index (Phi) is 10.6. The van der Waals surface area contributed by atoms with Crippen molar-refractivity contribution in [1.82, 2.24) is 15.5 Å². The predicted molar refractivity (Wildman–Crippen MR) is 87.9 cm³/mol. The molecular weight excluding hydrogens is 297 g/mol. The average molecular weight is 326 g/mol. The normalized spacial score (nSPS) is 23.8. The molecule has 2 fully saturated rings. The molecular formula is C14H29Cl2N3O. The lowest BCUT2D eigenvalue weighted by molar-refractivity contribution is -0.121. The second-order valence-corrected chi connectivity index (χ2v) is 5.95. The summed E-state index contributed by atoms with van der Waals surface area (Å²) in [5, 5.41) is 6.47. The van der Waals surface area contributed by atoms with Crippen LogP contribution >= 0.6 is 24.8 Å². The van der Waals surface area contributed by atoms with Crippen LogP contribution in [0.15, 0.2) is 0 Å². The van der Waals surface area contributed by atoms with Crippen molar-refractivity contribution in [3.8, 4) is 0 Å². The van der Waals surface area contributed by atoms with Crippen LogP contribution in [0, 0.1) is 11.8 Å². The van der Waals surface area contributed by atoms with Gasteiger partial charge in [-0.1, -0.05) is 0 Å². The summed E-state index contributed by atoms with van der Waals surface area (Å²) < 4.78 is 0. The smallest absolute Gasteiger partial charge is 0.220 e. The molecule has 4 nitrogen and oxygen atoms in total. The molecule has 0 aromatic carbocycles. The largest absolute Gasteiger partial charge is 0.356 e. The molecule has 0 radical (unpaired) electrons. The van der Waals surface area contributed by atoms with Gasteiger partial charge in [0.1, 0.15) is 0 Å². The molecule has 0 aromatic rings. The van der Waals surface area contributed by atoms with E-state index in [2.05, 4.69) is 22.6 Å². The lowest BCUT2D eigenvalue weighted by Crippen LogP contribution is -2.32. The van der Waals surface area contributed by atoms with Crippen molar-refractivity contribution in [3.63, 3.8) is 0 Å². The minimum Gasteiger partial charge on any atom is -0.356 e. The molecule has 2 aliphatic rings. The highest BCUT2D eigenvalue weighted by Crippen LogP contribution is 2.17. The van der Waals surface area contributed by atoms with Gasteiger partial charge in [0.15, 0.2) is 0 Å². The summed E-state index contributed by atoms with van der Waals surface area (Å²) in [6.45, 7) is 5.43. The Morgan fingerprint density at radius 2 is 1.90 bits per heavy atom. The van der Waals surface area contributed by atoms with Gasteiger partial charge < -0.3 is 15.5 Å². The average Bonchev–Trinajstić information content (AvgIpc) is 2.81. The molecule has 2 rings (SSSR count). The van der Waals surface area contributed by atoms with E-state index >= 15 is 0 Å². The van der Waals surface area contributed by atoms with E-state index in [1.54, 1.807) is 0 Å². The molecule has 2 heterocycles. The summed E-state index contributed by atoms with van der Waals surface area (Å²) >= 11 is 0. The van der Waals surface area contributed by atoms with Gasteiger partial charge in [-0.2, -0.15) is 0 Å². The molecule has 6 heteroatoms. The summed E-state index contributed by atoms with van der Waals surface area (Å²) in [5.74, 6) is 1.68. The molecule has 1 atom stereocenters. The van der Waals surface area contributed by atoms with Crippen molar-refractivity contribution in [2.24, 2.45) is 11.8 Å². The summed E-state index contributed by atoms with van der Waals surface area (Å²) in [5.41, 5.74) is 0. The topological polar surface area (TPSA) is 44.4 Å². The molecule has 120 valence electrons. The maximum Gasteiger partial charge on any atom is 0.220 e. The predicted octanol–water partition coefficient (Wildman–Crippen LogP) is 1.68. The van der Waals surface area contributed by atoms with Crippen molar-refractivity contribution in [2.45, 2.75) is 32.1 Å². The molecule has 0 saturated carbocycles. The maximum atomic E-state index is 11.8. The van der Waals surface area contributed by atoms with Crippen molar-refractivity contribution in [1.29, 1.82) is 0 Å². The van der Waals surface area contributed by atoms with Gasteiger partial charge in [0, 0.05) is 19.5 Å². The molecule has 2 aliphatic heterocycles. The third-order valence-electron chi connectivity index (χ3n) is 4.32. The number of hydrogen-bond acceptors (Lipinski definition) is 3. The van der Waals surface area contributed by atoms with E-state index in [4.69, 9.17) is 0 Å². The second kappa shape index (κ2) is 10.7. The molecule has 2 N–H and O–H groups in total. The van der Waals surface area contributed by atoms with Gasteiger partial charge in [-0.25, -0.2) is 0 Å². The fourth-order valence-corrected chi connectivity index (χ4v) is 3.05. The maximum absolute atomic E-state index is 11.8. The van der Waals surface area contributed by atoms with E-state index in [1.807, 2.05) is 0 Å². The van der Waals surface area contributed by atoms with E-state index in [0.717, 1.165) is 38.5 Å². The lowest BCUT2D eigenvalue weighted by Gasteiger charge is -2.22. The van der Waals surface area contributed by atoms with E-state index in [1.165, 1.54) is 25.8 Å². The Hall–Kier alpha value is -0.0300.